The van der Waals surface area contributed by atoms with E-state index >= 15 is 0 Å². The SMILES string of the molecule is Cc1ccc(F)cc1CC(=O)c1cc2c(s1)CCC2. The highest BCUT2D eigenvalue weighted by molar-refractivity contribution is 7.14. The lowest BCUT2D eigenvalue weighted by molar-refractivity contribution is 0.0996. The molecule has 0 radical (unpaired) electrons. The second kappa shape index (κ2) is 4.89. The molecule has 0 atom stereocenters. The maximum Gasteiger partial charge on any atom is 0.177 e. The summed E-state index contributed by atoms with van der Waals surface area (Å²) in [6.07, 6.45) is 3.70. The van der Waals surface area contributed by atoms with Crippen molar-refractivity contribution in [1.29, 1.82) is 0 Å². The van der Waals surface area contributed by atoms with Crippen LogP contribution in [-0.4, -0.2) is 5.78 Å². The quantitative estimate of drug-likeness (QED) is 0.770. The van der Waals surface area contributed by atoms with Crippen molar-refractivity contribution in [2.45, 2.75) is 32.6 Å². The monoisotopic (exact) mass is 274 g/mol. The lowest BCUT2D eigenvalue weighted by Crippen LogP contribution is -2.03. The Morgan fingerprint density at radius 2 is 2.16 bits per heavy atom. The molecule has 19 heavy (non-hydrogen) atoms. The molecule has 3 heteroatoms. The highest BCUT2D eigenvalue weighted by atomic mass is 32.1. The molecule has 1 aromatic heterocycles. The molecule has 1 aromatic carbocycles. The van der Waals surface area contributed by atoms with E-state index in [2.05, 4.69) is 0 Å². The van der Waals surface area contributed by atoms with Gasteiger partial charge in [-0.1, -0.05) is 6.07 Å². The molecule has 0 N–H and O–H groups in total. The fourth-order valence-electron chi connectivity index (χ4n) is 2.56. The van der Waals surface area contributed by atoms with Gasteiger partial charge in [0.05, 0.1) is 4.88 Å². The van der Waals surface area contributed by atoms with E-state index < -0.39 is 0 Å². The number of hydrogen-bond acceptors (Lipinski definition) is 2. The molecule has 0 unspecified atom stereocenters. The van der Waals surface area contributed by atoms with Gasteiger partial charge in [0.25, 0.3) is 0 Å². The van der Waals surface area contributed by atoms with Crippen LogP contribution in [0.1, 0.15) is 37.7 Å². The highest BCUT2D eigenvalue weighted by Gasteiger charge is 2.19. The number of Topliss-reactive ketones (excluding diaryl/α,β-unsaturated/α-hetero) is 1. The van der Waals surface area contributed by atoms with E-state index in [1.54, 1.807) is 17.4 Å². The molecule has 0 spiro atoms. The van der Waals surface area contributed by atoms with Crippen molar-refractivity contribution in [3.8, 4) is 0 Å². The van der Waals surface area contributed by atoms with Gasteiger partial charge < -0.3 is 0 Å². The van der Waals surface area contributed by atoms with Crippen LogP contribution in [0.15, 0.2) is 24.3 Å². The number of benzene rings is 1. The molecular formula is C16H15FOS. The van der Waals surface area contributed by atoms with Crippen molar-refractivity contribution in [3.63, 3.8) is 0 Å². The summed E-state index contributed by atoms with van der Waals surface area (Å²) in [4.78, 5) is 14.5. The summed E-state index contributed by atoms with van der Waals surface area (Å²) in [6, 6.07) is 6.66. The molecule has 0 bridgehead atoms. The molecule has 98 valence electrons. The maximum atomic E-state index is 13.2. The Morgan fingerprint density at radius 1 is 1.32 bits per heavy atom. The predicted molar refractivity (Wildman–Crippen MR) is 75.5 cm³/mol. The van der Waals surface area contributed by atoms with E-state index in [-0.39, 0.29) is 11.6 Å². The van der Waals surface area contributed by atoms with E-state index in [0.29, 0.717) is 6.42 Å². The van der Waals surface area contributed by atoms with Crippen molar-refractivity contribution in [2.24, 2.45) is 0 Å². The molecule has 1 heterocycles. The van der Waals surface area contributed by atoms with E-state index in [1.165, 1.54) is 29.0 Å². The van der Waals surface area contributed by atoms with Gasteiger partial charge in [-0.2, -0.15) is 0 Å². The number of rotatable bonds is 3. The Morgan fingerprint density at radius 3 is 2.95 bits per heavy atom. The third-order valence-electron chi connectivity index (χ3n) is 3.68. The second-order valence-corrected chi connectivity index (χ2v) is 6.22. The Kier molecular flexibility index (Phi) is 3.23. The number of thiophene rings is 1. The first-order valence-electron chi connectivity index (χ1n) is 6.53. The minimum atomic E-state index is -0.276. The molecule has 2 aromatic rings. The van der Waals surface area contributed by atoms with Crippen LogP contribution in [-0.2, 0) is 19.3 Å². The van der Waals surface area contributed by atoms with Crippen molar-refractivity contribution in [1.82, 2.24) is 0 Å². The van der Waals surface area contributed by atoms with E-state index in [4.69, 9.17) is 0 Å². The number of carbonyl (C=O) groups is 1. The average molecular weight is 274 g/mol. The number of halogens is 1. The van der Waals surface area contributed by atoms with Gasteiger partial charge in [-0.3, -0.25) is 4.79 Å². The van der Waals surface area contributed by atoms with Gasteiger partial charge in [-0.15, -0.1) is 11.3 Å². The molecule has 0 amide bonds. The lowest BCUT2D eigenvalue weighted by atomic mass is 10.0. The second-order valence-electron chi connectivity index (χ2n) is 5.08. The lowest BCUT2D eigenvalue weighted by Gasteiger charge is -2.04. The minimum absolute atomic E-state index is 0.105. The fraction of sp³-hybridized carbons (Fsp3) is 0.312. The van der Waals surface area contributed by atoms with E-state index in [0.717, 1.165) is 28.8 Å². The Hall–Kier alpha value is -1.48. The maximum absolute atomic E-state index is 13.2. The average Bonchev–Trinajstić information content (AvgIpc) is 2.94. The van der Waals surface area contributed by atoms with Crippen LogP contribution >= 0.6 is 11.3 Å². The number of ketones is 1. The molecule has 0 fully saturated rings. The molecular weight excluding hydrogens is 259 g/mol. The summed E-state index contributed by atoms with van der Waals surface area (Å²) in [5.41, 5.74) is 3.10. The first-order valence-corrected chi connectivity index (χ1v) is 7.35. The Bertz CT molecular complexity index is 621. The van der Waals surface area contributed by atoms with Gasteiger partial charge in [0.2, 0.25) is 0 Å². The van der Waals surface area contributed by atoms with Crippen molar-refractivity contribution >= 4 is 17.1 Å². The van der Waals surface area contributed by atoms with Crippen LogP contribution < -0.4 is 0 Å². The Labute approximate surface area is 116 Å². The van der Waals surface area contributed by atoms with E-state index in [1.807, 2.05) is 13.0 Å². The molecule has 3 rings (SSSR count). The number of fused-ring (bicyclic) bond motifs is 1. The number of hydrogen-bond donors (Lipinski definition) is 0. The molecule has 0 saturated carbocycles. The standard InChI is InChI=1S/C16H15FOS/c1-10-5-6-13(17)7-12(10)8-14(18)16-9-11-3-2-4-15(11)19-16/h5-7,9H,2-4,8H2,1H3. The van der Waals surface area contributed by atoms with Crippen LogP contribution in [0, 0.1) is 12.7 Å². The highest BCUT2D eigenvalue weighted by Crippen LogP contribution is 2.31. The predicted octanol–water partition coefficient (Wildman–Crippen LogP) is 4.11. The van der Waals surface area contributed by atoms with Crippen LogP contribution in [0.2, 0.25) is 0 Å². The van der Waals surface area contributed by atoms with Crippen LogP contribution in [0.25, 0.3) is 0 Å². The number of carbonyl (C=O) groups excluding carboxylic acids is 1. The molecule has 1 aliphatic rings. The zero-order valence-corrected chi connectivity index (χ0v) is 11.6. The smallest absolute Gasteiger partial charge is 0.177 e. The summed E-state index contributed by atoms with van der Waals surface area (Å²) >= 11 is 1.62. The fourth-order valence-corrected chi connectivity index (χ4v) is 3.75. The Balaban J connectivity index is 1.82. The van der Waals surface area contributed by atoms with Gasteiger partial charge in [0.15, 0.2) is 5.78 Å². The summed E-state index contributed by atoms with van der Waals surface area (Å²) < 4.78 is 13.2. The van der Waals surface area contributed by atoms with Crippen molar-refractivity contribution < 1.29 is 9.18 Å². The van der Waals surface area contributed by atoms with Crippen molar-refractivity contribution in [2.75, 3.05) is 0 Å². The first kappa shape index (κ1) is 12.5. The normalized spacial score (nSPS) is 13.6. The third-order valence-corrected chi connectivity index (χ3v) is 4.96. The van der Waals surface area contributed by atoms with Crippen LogP contribution in [0.3, 0.4) is 0 Å². The van der Waals surface area contributed by atoms with Crippen LogP contribution in [0.4, 0.5) is 4.39 Å². The minimum Gasteiger partial charge on any atom is -0.293 e. The van der Waals surface area contributed by atoms with Crippen molar-refractivity contribution in [3.05, 3.63) is 56.5 Å². The number of aryl methyl sites for hydroxylation is 3. The summed E-state index contributed by atoms with van der Waals surface area (Å²) in [6.45, 7) is 1.91. The first-order chi connectivity index (χ1) is 9.13. The third kappa shape index (κ3) is 2.47. The van der Waals surface area contributed by atoms with Crippen LogP contribution in [0.5, 0.6) is 0 Å². The molecule has 0 aliphatic heterocycles. The van der Waals surface area contributed by atoms with Gasteiger partial charge in [-0.25, -0.2) is 4.39 Å². The zero-order valence-electron chi connectivity index (χ0n) is 10.8. The molecule has 0 saturated heterocycles. The van der Waals surface area contributed by atoms with Gasteiger partial charge in [0.1, 0.15) is 5.82 Å². The summed E-state index contributed by atoms with van der Waals surface area (Å²) in [5, 5.41) is 0. The summed E-state index contributed by atoms with van der Waals surface area (Å²) in [7, 11) is 0. The molecule has 1 aliphatic carbocycles. The zero-order chi connectivity index (χ0) is 13.4. The summed E-state index contributed by atoms with van der Waals surface area (Å²) in [5.74, 6) is -0.171. The largest absolute Gasteiger partial charge is 0.293 e. The van der Waals surface area contributed by atoms with E-state index in [9.17, 15) is 9.18 Å². The topological polar surface area (TPSA) is 17.1 Å². The van der Waals surface area contributed by atoms with Gasteiger partial charge >= 0.3 is 0 Å². The van der Waals surface area contributed by atoms with Gasteiger partial charge in [-0.05, 0) is 61.1 Å². The van der Waals surface area contributed by atoms with Gasteiger partial charge in [0, 0.05) is 11.3 Å². The molecule has 1 nitrogen and oxygen atoms in total.